The molecule has 0 aliphatic rings. The van der Waals surface area contributed by atoms with Crippen molar-refractivity contribution in [1.82, 2.24) is 4.57 Å². The van der Waals surface area contributed by atoms with E-state index in [1.54, 1.807) is 0 Å². The monoisotopic (exact) mass is 1070 g/mol. The Labute approximate surface area is 475 Å². The van der Waals surface area contributed by atoms with E-state index in [1.807, 2.05) is 22.7 Å². The van der Waals surface area contributed by atoms with Crippen molar-refractivity contribution >= 4 is 162 Å². The lowest BCUT2D eigenvalue weighted by molar-refractivity contribution is 1.19. The van der Waals surface area contributed by atoms with Crippen molar-refractivity contribution in [2.75, 3.05) is 9.80 Å². The van der Waals surface area contributed by atoms with Crippen LogP contribution in [0, 0.1) is 0 Å². The lowest BCUT2D eigenvalue weighted by atomic mass is 9.95. The highest BCUT2D eigenvalue weighted by molar-refractivity contribution is 7.26. The van der Waals surface area contributed by atoms with Crippen LogP contribution in [0.25, 0.3) is 122 Å². The van der Waals surface area contributed by atoms with Crippen LogP contribution < -0.4 is 9.80 Å². The van der Waals surface area contributed by atoms with Crippen molar-refractivity contribution < 1.29 is 0 Å². The van der Waals surface area contributed by atoms with Gasteiger partial charge in [0.05, 0.1) is 11.0 Å². The second kappa shape index (κ2) is 18.3. The maximum Gasteiger partial charge on any atom is 0.0625 e. The van der Waals surface area contributed by atoms with Gasteiger partial charge in [-0.1, -0.05) is 170 Å². The molecule has 81 heavy (non-hydrogen) atoms. The Morgan fingerprint density at radius 3 is 1.27 bits per heavy atom. The largest absolute Gasteiger partial charge is 0.310 e. The number of thiophene rings is 2. The van der Waals surface area contributed by atoms with Gasteiger partial charge in [0.2, 0.25) is 0 Å². The molecule has 0 saturated carbocycles. The first kappa shape index (κ1) is 45.9. The first-order valence-electron chi connectivity index (χ1n) is 27.6. The summed E-state index contributed by atoms with van der Waals surface area (Å²) in [4.78, 5) is 4.97. The van der Waals surface area contributed by atoms with Crippen molar-refractivity contribution in [2.45, 2.75) is 0 Å². The predicted molar refractivity (Wildman–Crippen MR) is 351 cm³/mol. The molecule has 0 saturated heterocycles. The van der Waals surface area contributed by atoms with E-state index in [9.17, 15) is 0 Å². The summed E-state index contributed by atoms with van der Waals surface area (Å²) in [5, 5.41) is 17.3. The van der Waals surface area contributed by atoms with Crippen LogP contribution in [0.5, 0.6) is 0 Å². The van der Waals surface area contributed by atoms with Crippen molar-refractivity contribution in [2.24, 2.45) is 0 Å². The van der Waals surface area contributed by atoms with E-state index in [4.69, 9.17) is 0 Å². The first-order chi connectivity index (χ1) is 40.1. The van der Waals surface area contributed by atoms with E-state index in [0.717, 1.165) is 50.9 Å². The number of para-hydroxylation sites is 1. The lowest BCUT2D eigenvalue weighted by Gasteiger charge is -2.31. The number of hydrogen-bond acceptors (Lipinski definition) is 4. The highest BCUT2D eigenvalue weighted by Crippen LogP contribution is 2.49. The summed E-state index contributed by atoms with van der Waals surface area (Å²) in [6.45, 7) is 0. The fraction of sp³-hybridized carbons (Fsp3) is 0. The fourth-order valence-corrected chi connectivity index (χ4v) is 15.1. The zero-order valence-electron chi connectivity index (χ0n) is 43.8. The molecular weight excluding hydrogens is 1020 g/mol. The molecule has 17 aromatic rings. The molecule has 0 spiro atoms. The average molecular weight is 1070 g/mol. The van der Waals surface area contributed by atoms with Gasteiger partial charge in [0.25, 0.3) is 0 Å². The van der Waals surface area contributed by atoms with Gasteiger partial charge in [-0.2, -0.15) is 0 Å². The minimum absolute atomic E-state index is 1.05. The van der Waals surface area contributed by atoms with Gasteiger partial charge in [-0.3, -0.25) is 0 Å². The Hall–Kier alpha value is -10.0. The van der Waals surface area contributed by atoms with Crippen molar-refractivity contribution in [3.63, 3.8) is 0 Å². The summed E-state index contributed by atoms with van der Waals surface area (Å²) < 4.78 is 7.61. The molecule has 378 valence electrons. The molecule has 0 unspecified atom stereocenters. The molecule has 17 rings (SSSR count). The number of aromatic nitrogens is 1. The second-order valence-corrected chi connectivity index (χ2v) is 23.4. The standard InChI is InChI=1S/C76H47N3S2/c1-2-20-54(21-3-1)79-70-37-32-52(44-69(70)75-65-26-10-8-22-61(65)62-23-9-11-27-66(62)76(75)79)53-42-59(77(55-33-30-48-16-4-6-18-50(48)40-55)57-35-38-73-67(46-57)63-24-12-14-28-71(63)80-73)45-60(43-53)78(56-34-31-49-17-5-7-19-51(49)41-56)58-36-39-74-68(47-58)64-25-13-15-29-72(64)81-74/h1-47H. The minimum atomic E-state index is 1.05. The van der Waals surface area contributed by atoms with E-state index in [-0.39, 0.29) is 0 Å². The average Bonchev–Trinajstić information content (AvgIpc) is 3.19. The van der Waals surface area contributed by atoms with Crippen LogP contribution in [-0.4, -0.2) is 4.57 Å². The summed E-state index contributed by atoms with van der Waals surface area (Å²) in [5.41, 5.74) is 12.2. The van der Waals surface area contributed by atoms with Crippen molar-refractivity contribution in [3.05, 3.63) is 285 Å². The third kappa shape index (κ3) is 7.40. The van der Waals surface area contributed by atoms with E-state index < -0.39 is 0 Å². The number of benzene rings is 14. The Morgan fingerprint density at radius 1 is 0.247 bits per heavy atom. The van der Waals surface area contributed by atoms with Crippen LogP contribution in [-0.2, 0) is 0 Å². The highest BCUT2D eigenvalue weighted by atomic mass is 32.1. The number of hydrogen-bond donors (Lipinski definition) is 0. The van der Waals surface area contributed by atoms with E-state index in [0.29, 0.717) is 0 Å². The van der Waals surface area contributed by atoms with Crippen molar-refractivity contribution in [3.8, 4) is 16.8 Å². The zero-order valence-corrected chi connectivity index (χ0v) is 45.4. The summed E-state index contributed by atoms with van der Waals surface area (Å²) >= 11 is 3.71. The molecule has 3 aromatic heterocycles. The van der Waals surface area contributed by atoms with Gasteiger partial charge < -0.3 is 14.4 Å². The number of nitrogens with zero attached hydrogens (tertiary/aromatic N) is 3. The summed E-state index contributed by atoms with van der Waals surface area (Å²) in [6, 6.07) is 106. The lowest BCUT2D eigenvalue weighted by Crippen LogP contribution is -2.13. The molecule has 0 fully saturated rings. The van der Waals surface area contributed by atoms with Crippen LogP contribution >= 0.6 is 22.7 Å². The molecule has 0 aliphatic heterocycles. The number of fused-ring (bicyclic) bond motifs is 16. The molecule has 3 heterocycles. The third-order valence-corrected chi connectivity index (χ3v) is 18.9. The van der Waals surface area contributed by atoms with E-state index in [1.165, 1.54) is 105 Å². The molecule has 0 bridgehead atoms. The molecular formula is C76H47N3S2. The van der Waals surface area contributed by atoms with Gasteiger partial charge in [-0.05, 0) is 164 Å². The third-order valence-electron chi connectivity index (χ3n) is 16.6. The molecule has 0 radical (unpaired) electrons. The predicted octanol–water partition coefficient (Wildman–Crippen LogP) is 22.7. The molecule has 14 aromatic carbocycles. The molecule has 0 aliphatic carbocycles. The Kier molecular flexibility index (Phi) is 10.4. The Bertz CT molecular complexity index is 5180. The van der Waals surface area contributed by atoms with Crippen LogP contribution in [0.2, 0.25) is 0 Å². The highest BCUT2D eigenvalue weighted by Gasteiger charge is 2.24. The summed E-state index contributed by atoms with van der Waals surface area (Å²) in [7, 11) is 0. The van der Waals surface area contributed by atoms with Crippen LogP contribution in [0.1, 0.15) is 0 Å². The normalized spacial score (nSPS) is 12.0. The fourth-order valence-electron chi connectivity index (χ4n) is 13.0. The van der Waals surface area contributed by atoms with Crippen LogP contribution in [0.4, 0.5) is 34.1 Å². The smallest absolute Gasteiger partial charge is 0.0625 e. The molecule has 5 heteroatoms. The topological polar surface area (TPSA) is 11.4 Å². The SMILES string of the molecule is c1ccc(-n2c3ccc(-c4cc(N(c5ccc6ccccc6c5)c5ccc6sc7ccccc7c6c5)cc(N(c5ccc6ccccc6c5)c5ccc6sc7ccccc7c6c5)c4)cc3c3c4ccccc4c4ccccc4c32)cc1. The van der Waals surface area contributed by atoms with Gasteiger partial charge in [0.1, 0.15) is 0 Å². The summed E-state index contributed by atoms with van der Waals surface area (Å²) in [6.07, 6.45) is 0. The maximum atomic E-state index is 2.49. The van der Waals surface area contributed by atoms with E-state index >= 15 is 0 Å². The Balaban J connectivity index is 0.980. The number of rotatable bonds is 8. The first-order valence-corrected chi connectivity index (χ1v) is 29.3. The zero-order chi connectivity index (χ0) is 53.1. The molecule has 0 atom stereocenters. The van der Waals surface area contributed by atoms with Gasteiger partial charge >= 0.3 is 0 Å². The van der Waals surface area contributed by atoms with E-state index in [2.05, 4.69) is 299 Å². The van der Waals surface area contributed by atoms with Gasteiger partial charge in [-0.25, -0.2) is 0 Å². The Morgan fingerprint density at radius 2 is 0.691 bits per heavy atom. The maximum absolute atomic E-state index is 2.49. The van der Waals surface area contributed by atoms with Gasteiger partial charge in [-0.15, -0.1) is 22.7 Å². The van der Waals surface area contributed by atoms with Crippen LogP contribution in [0.15, 0.2) is 285 Å². The molecule has 0 amide bonds. The van der Waals surface area contributed by atoms with Gasteiger partial charge in [0.15, 0.2) is 0 Å². The molecule has 0 N–H and O–H groups in total. The van der Waals surface area contributed by atoms with Crippen LogP contribution in [0.3, 0.4) is 0 Å². The van der Waals surface area contributed by atoms with Gasteiger partial charge in [0, 0.05) is 96.3 Å². The van der Waals surface area contributed by atoms with Crippen molar-refractivity contribution in [1.29, 1.82) is 0 Å². The second-order valence-electron chi connectivity index (χ2n) is 21.2. The minimum Gasteiger partial charge on any atom is -0.310 e. The quantitative estimate of drug-likeness (QED) is 0.141. The summed E-state index contributed by atoms with van der Waals surface area (Å²) in [5.74, 6) is 0. The molecule has 3 nitrogen and oxygen atoms in total. The number of anilines is 6.